The highest BCUT2D eigenvalue weighted by Gasteiger charge is 2.20. The quantitative estimate of drug-likeness (QED) is 0.464. The molecule has 2 heterocycles. The second-order valence-electron chi connectivity index (χ2n) is 8.29. The number of amides is 2. The molecule has 1 aliphatic heterocycles. The number of carbonyl (C=O) groups is 2. The molecule has 3 aromatic rings. The molecule has 0 bridgehead atoms. The van der Waals surface area contributed by atoms with E-state index in [2.05, 4.69) is 10.2 Å². The molecule has 0 aliphatic carbocycles. The highest BCUT2D eigenvalue weighted by Crippen LogP contribution is 2.33. The van der Waals surface area contributed by atoms with Crippen LogP contribution in [-0.4, -0.2) is 44.1 Å². The minimum absolute atomic E-state index is 0.0567. The maximum Gasteiger partial charge on any atom is 0.262 e. The van der Waals surface area contributed by atoms with Crippen molar-refractivity contribution in [2.45, 2.75) is 19.5 Å². The predicted octanol–water partition coefficient (Wildman–Crippen LogP) is 2.33. The van der Waals surface area contributed by atoms with E-state index in [1.54, 1.807) is 26.4 Å². The Morgan fingerprint density at radius 1 is 1.03 bits per heavy atom. The summed E-state index contributed by atoms with van der Waals surface area (Å²) in [5, 5.41) is 2.61. The third kappa shape index (κ3) is 5.84. The summed E-state index contributed by atoms with van der Waals surface area (Å²) in [6, 6.07) is 11.5. The summed E-state index contributed by atoms with van der Waals surface area (Å²) in [5.74, 6) is 0.801. The normalized spacial score (nSPS) is 12.9. The van der Waals surface area contributed by atoms with Gasteiger partial charge in [0.2, 0.25) is 17.1 Å². The van der Waals surface area contributed by atoms with Gasteiger partial charge >= 0.3 is 0 Å². The van der Waals surface area contributed by atoms with E-state index in [0.29, 0.717) is 41.6 Å². The Morgan fingerprint density at radius 3 is 2.36 bits per heavy atom. The van der Waals surface area contributed by atoms with E-state index in [-0.39, 0.29) is 17.8 Å². The Kier molecular flexibility index (Phi) is 7.55. The first-order valence-electron chi connectivity index (χ1n) is 11.3. The molecule has 2 aromatic carbocycles. The second-order valence-corrected chi connectivity index (χ2v) is 8.29. The molecule has 4 rings (SSSR count). The molecule has 0 atom stereocenters. The summed E-state index contributed by atoms with van der Waals surface area (Å²) in [6.45, 7) is 1.55. The molecule has 188 valence electrons. The molecule has 1 aromatic heterocycles. The number of rotatable bonds is 9. The molecule has 1 aliphatic rings. The van der Waals surface area contributed by atoms with E-state index < -0.39 is 11.8 Å². The van der Waals surface area contributed by atoms with Crippen molar-refractivity contribution >= 4 is 17.5 Å². The number of benzene rings is 2. The second kappa shape index (κ2) is 11.0. The number of nitrogens with one attached hydrogen (secondary N) is 1. The lowest BCUT2D eigenvalue weighted by molar-refractivity contribution is -0.118. The van der Waals surface area contributed by atoms with Crippen molar-refractivity contribution in [3.05, 3.63) is 81.4 Å². The van der Waals surface area contributed by atoms with E-state index >= 15 is 0 Å². The van der Waals surface area contributed by atoms with Crippen molar-refractivity contribution in [1.82, 2.24) is 4.90 Å². The van der Waals surface area contributed by atoms with Crippen molar-refractivity contribution in [3.63, 3.8) is 0 Å². The summed E-state index contributed by atoms with van der Waals surface area (Å²) in [4.78, 5) is 37.9. The molecule has 10 nitrogen and oxygen atoms in total. The van der Waals surface area contributed by atoms with Gasteiger partial charge < -0.3 is 29.7 Å². The first kappa shape index (κ1) is 24.8. The molecule has 10 heteroatoms. The van der Waals surface area contributed by atoms with Crippen molar-refractivity contribution < 1.29 is 28.2 Å². The van der Waals surface area contributed by atoms with Gasteiger partial charge in [0.1, 0.15) is 12.0 Å². The zero-order chi connectivity index (χ0) is 25.7. The van der Waals surface area contributed by atoms with Crippen LogP contribution in [0.5, 0.6) is 17.2 Å². The van der Waals surface area contributed by atoms with E-state index in [1.807, 2.05) is 12.1 Å². The van der Waals surface area contributed by atoms with Gasteiger partial charge in [0.05, 0.1) is 20.8 Å². The zero-order valence-electron chi connectivity index (χ0n) is 20.0. The summed E-state index contributed by atoms with van der Waals surface area (Å²) < 4.78 is 21.7. The van der Waals surface area contributed by atoms with Gasteiger partial charge in [-0.25, -0.2) is 0 Å². The van der Waals surface area contributed by atoms with Crippen LogP contribution in [-0.2, 0) is 24.3 Å². The van der Waals surface area contributed by atoms with Crippen LogP contribution in [0.15, 0.2) is 57.9 Å². The Bertz CT molecular complexity index is 1320. The lowest BCUT2D eigenvalue weighted by Crippen LogP contribution is -2.30. The van der Waals surface area contributed by atoms with Crippen molar-refractivity contribution in [1.29, 1.82) is 0 Å². The van der Waals surface area contributed by atoms with Crippen LogP contribution in [0.2, 0.25) is 0 Å². The van der Waals surface area contributed by atoms with Crippen LogP contribution in [0, 0.1) is 0 Å². The van der Waals surface area contributed by atoms with Crippen LogP contribution in [0.3, 0.4) is 0 Å². The lowest BCUT2D eigenvalue weighted by Gasteiger charge is -2.29. The molecule has 0 saturated heterocycles. The summed E-state index contributed by atoms with van der Waals surface area (Å²) >= 11 is 0. The van der Waals surface area contributed by atoms with Gasteiger partial charge in [0.25, 0.3) is 5.91 Å². The minimum atomic E-state index is -0.558. The number of ether oxygens (including phenoxy) is 3. The highest BCUT2D eigenvalue weighted by atomic mass is 16.5. The zero-order valence-corrected chi connectivity index (χ0v) is 20.0. The highest BCUT2D eigenvalue weighted by molar-refractivity contribution is 5.95. The molecule has 0 spiro atoms. The van der Waals surface area contributed by atoms with Gasteiger partial charge in [-0.1, -0.05) is 0 Å². The van der Waals surface area contributed by atoms with Crippen molar-refractivity contribution in [3.8, 4) is 17.2 Å². The number of fused-ring (bicyclic) bond motifs is 1. The smallest absolute Gasteiger partial charge is 0.262 e. The van der Waals surface area contributed by atoms with E-state index in [0.717, 1.165) is 18.5 Å². The number of carbonyl (C=O) groups excluding carboxylic acids is 2. The Labute approximate surface area is 207 Å². The Balaban J connectivity index is 1.32. The van der Waals surface area contributed by atoms with Crippen LogP contribution >= 0.6 is 0 Å². The number of hydrogen-bond donors (Lipinski definition) is 2. The fourth-order valence-corrected chi connectivity index (χ4v) is 3.98. The number of primary amides is 1. The van der Waals surface area contributed by atoms with E-state index in [1.165, 1.54) is 30.0 Å². The fraction of sp³-hybridized carbons (Fsp3) is 0.269. The fourth-order valence-electron chi connectivity index (χ4n) is 3.98. The third-order valence-corrected chi connectivity index (χ3v) is 5.84. The first-order valence-corrected chi connectivity index (χ1v) is 11.3. The predicted molar refractivity (Wildman–Crippen MR) is 131 cm³/mol. The summed E-state index contributed by atoms with van der Waals surface area (Å²) in [5.41, 5.74) is 7.96. The largest absolute Gasteiger partial charge is 0.493 e. The molecular weight excluding hydrogens is 466 g/mol. The molecule has 3 N–H and O–H groups in total. The summed E-state index contributed by atoms with van der Waals surface area (Å²) in [6.07, 6.45) is 2.06. The summed E-state index contributed by atoms with van der Waals surface area (Å²) in [7, 11) is 3.22. The van der Waals surface area contributed by atoms with Gasteiger partial charge in [0.15, 0.2) is 18.1 Å². The van der Waals surface area contributed by atoms with Crippen molar-refractivity contribution in [2.24, 2.45) is 5.73 Å². The maximum atomic E-state index is 12.5. The monoisotopic (exact) mass is 493 g/mol. The average Bonchev–Trinajstić information content (AvgIpc) is 2.87. The molecular formula is C26H27N3O7. The van der Waals surface area contributed by atoms with Crippen LogP contribution in [0.1, 0.15) is 27.2 Å². The maximum absolute atomic E-state index is 12.5. The molecule has 2 amide bonds. The Morgan fingerprint density at radius 2 is 1.72 bits per heavy atom. The van der Waals surface area contributed by atoms with Gasteiger partial charge in [0, 0.05) is 30.4 Å². The molecule has 0 saturated carbocycles. The number of nitrogens with two attached hydrogens (primary N) is 1. The Hall–Kier alpha value is -4.31. The van der Waals surface area contributed by atoms with Gasteiger partial charge in [-0.3, -0.25) is 19.3 Å². The van der Waals surface area contributed by atoms with Crippen LogP contribution in [0.25, 0.3) is 0 Å². The third-order valence-electron chi connectivity index (χ3n) is 5.84. The lowest BCUT2D eigenvalue weighted by atomic mass is 9.98. The van der Waals surface area contributed by atoms with Crippen LogP contribution < -0.4 is 30.7 Å². The average molecular weight is 494 g/mol. The molecule has 0 unspecified atom stereocenters. The topological polar surface area (TPSA) is 133 Å². The van der Waals surface area contributed by atoms with E-state index in [9.17, 15) is 14.4 Å². The van der Waals surface area contributed by atoms with Gasteiger partial charge in [-0.2, -0.15) is 0 Å². The van der Waals surface area contributed by atoms with E-state index in [4.69, 9.17) is 24.4 Å². The number of nitrogens with zero attached hydrogens (tertiary/aromatic N) is 1. The van der Waals surface area contributed by atoms with Crippen molar-refractivity contribution in [2.75, 3.05) is 32.7 Å². The molecule has 36 heavy (non-hydrogen) atoms. The number of hydrogen-bond acceptors (Lipinski definition) is 8. The number of methoxy groups -OCH3 is 2. The van der Waals surface area contributed by atoms with Gasteiger partial charge in [-0.15, -0.1) is 0 Å². The minimum Gasteiger partial charge on any atom is -0.493 e. The molecule has 0 radical (unpaired) electrons. The van der Waals surface area contributed by atoms with Gasteiger partial charge in [-0.05, 0) is 53.9 Å². The number of anilines is 1. The van der Waals surface area contributed by atoms with Crippen LogP contribution in [0.4, 0.5) is 5.69 Å². The molecule has 0 fully saturated rings. The SMILES string of the molecule is COc1cc2c(cc1OC)CN(Cc1cc(=O)c(OCC(=O)Nc3ccc(C(N)=O)cc3)co1)CC2. The first-order chi connectivity index (χ1) is 17.4. The standard InChI is InChI=1S/C26H27N3O7/c1-33-22-9-17-7-8-29(12-18(17)10-23(22)34-2)13-20-11-21(30)24(14-35-20)36-15-25(31)28-19-5-3-16(4-6-19)26(27)32/h3-6,9-11,14H,7-8,12-13,15H2,1-2H3,(H2,27,32)(H,28,31).